The summed E-state index contributed by atoms with van der Waals surface area (Å²) >= 11 is 0. The van der Waals surface area contributed by atoms with E-state index >= 15 is 0 Å². The lowest BCUT2D eigenvalue weighted by molar-refractivity contribution is 1.04. The van der Waals surface area contributed by atoms with Gasteiger partial charge in [0.15, 0.2) is 5.69 Å². The number of aromatic nitrogens is 2. The Morgan fingerprint density at radius 1 is 1.36 bits per heavy atom. The summed E-state index contributed by atoms with van der Waals surface area (Å²) in [7, 11) is 0. The quantitative estimate of drug-likeness (QED) is 0.679. The zero-order valence-electron chi connectivity index (χ0n) is 7.81. The van der Waals surface area contributed by atoms with Crippen molar-refractivity contribution in [3.8, 4) is 11.8 Å². The van der Waals surface area contributed by atoms with E-state index in [1.54, 1.807) is 12.5 Å². The molecule has 0 aliphatic heterocycles. The summed E-state index contributed by atoms with van der Waals surface area (Å²) in [4.78, 5) is 3.95. The third-order valence-electron chi connectivity index (χ3n) is 2.09. The van der Waals surface area contributed by atoms with Crippen molar-refractivity contribution in [1.29, 1.82) is 5.26 Å². The average molecular weight is 183 g/mol. The zero-order chi connectivity index (χ0) is 9.97. The van der Waals surface area contributed by atoms with Gasteiger partial charge in [-0.25, -0.2) is 4.98 Å². The van der Waals surface area contributed by atoms with Crippen molar-refractivity contribution in [2.45, 2.75) is 6.92 Å². The van der Waals surface area contributed by atoms with E-state index in [0.717, 1.165) is 11.3 Å². The van der Waals surface area contributed by atoms with E-state index in [1.165, 1.54) is 0 Å². The largest absolute Gasteiger partial charge is 0.305 e. The molecule has 3 nitrogen and oxygen atoms in total. The number of nitrogens with zero attached hydrogens (tertiary/aromatic N) is 3. The first-order chi connectivity index (χ1) is 6.81. The van der Waals surface area contributed by atoms with Crippen LogP contribution in [-0.2, 0) is 0 Å². The molecule has 0 aliphatic carbocycles. The molecule has 0 aliphatic rings. The fourth-order valence-corrected chi connectivity index (χ4v) is 1.37. The van der Waals surface area contributed by atoms with E-state index in [9.17, 15) is 0 Å². The average Bonchev–Trinajstić information content (AvgIpc) is 2.67. The molecule has 0 spiro atoms. The number of aryl methyl sites for hydroxylation is 1. The van der Waals surface area contributed by atoms with Crippen LogP contribution in [0.4, 0.5) is 0 Å². The standard InChI is InChI=1S/C11H9N3/c1-9-4-2-3-5-11(9)14-7-10(6-12)13-8-14/h2-5,7-8H,1H3. The van der Waals surface area contributed by atoms with Crippen molar-refractivity contribution in [1.82, 2.24) is 9.55 Å². The first kappa shape index (κ1) is 8.52. The Kier molecular flexibility index (Phi) is 2.04. The van der Waals surface area contributed by atoms with Crippen LogP contribution in [0.3, 0.4) is 0 Å². The van der Waals surface area contributed by atoms with Gasteiger partial charge in [-0.2, -0.15) is 5.26 Å². The van der Waals surface area contributed by atoms with E-state index in [-0.39, 0.29) is 0 Å². The van der Waals surface area contributed by atoms with Crippen LogP contribution in [-0.4, -0.2) is 9.55 Å². The lowest BCUT2D eigenvalue weighted by Crippen LogP contribution is -1.92. The lowest BCUT2D eigenvalue weighted by Gasteiger charge is -2.04. The number of hydrogen-bond acceptors (Lipinski definition) is 2. The van der Waals surface area contributed by atoms with Gasteiger partial charge in [-0.1, -0.05) is 18.2 Å². The van der Waals surface area contributed by atoms with Gasteiger partial charge in [0.25, 0.3) is 0 Å². The molecule has 0 bridgehead atoms. The van der Waals surface area contributed by atoms with Crippen LogP contribution in [0.1, 0.15) is 11.3 Å². The van der Waals surface area contributed by atoms with Gasteiger partial charge in [0, 0.05) is 11.9 Å². The number of para-hydroxylation sites is 1. The van der Waals surface area contributed by atoms with Crippen molar-refractivity contribution in [2.24, 2.45) is 0 Å². The van der Waals surface area contributed by atoms with Crippen LogP contribution in [0, 0.1) is 18.3 Å². The highest BCUT2D eigenvalue weighted by atomic mass is 15.0. The zero-order valence-corrected chi connectivity index (χ0v) is 7.81. The molecular formula is C11H9N3. The van der Waals surface area contributed by atoms with Gasteiger partial charge in [-0.15, -0.1) is 0 Å². The highest BCUT2D eigenvalue weighted by molar-refractivity contribution is 5.40. The second kappa shape index (κ2) is 3.35. The van der Waals surface area contributed by atoms with Gasteiger partial charge in [0.1, 0.15) is 12.4 Å². The lowest BCUT2D eigenvalue weighted by atomic mass is 10.2. The molecule has 0 fully saturated rings. The van der Waals surface area contributed by atoms with E-state index in [1.807, 2.05) is 41.8 Å². The highest BCUT2D eigenvalue weighted by Crippen LogP contribution is 2.13. The predicted molar refractivity (Wildman–Crippen MR) is 53.0 cm³/mol. The van der Waals surface area contributed by atoms with E-state index in [0.29, 0.717) is 5.69 Å². The van der Waals surface area contributed by atoms with Crippen molar-refractivity contribution >= 4 is 0 Å². The predicted octanol–water partition coefficient (Wildman–Crippen LogP) is 2.05. The maximum absolute atomic E-state index is 8.64. The Morgan fingerprint density at radius 3 is 2.79 bits per heavy atom. The fourth-order valence-electron chi connectivity index (χ4n) is 1.37. The normalized spacial score (nSPS) is 9.71. The van der Waals surface area contributed by atoms with Crippen molar-refractivity contribution < 1.29 is 0 Å². The van der Waals surface area contributed by atoms with Crippen LogP contribution in [0.5, 0.6) is 0 Å². The molecular weight excluding hydrogens is 174 g/mol. The highest BCUT2D eigenvalue weighted by Gasteiger charge is 2.01. The molecule has 14 heavy (non-hydrogen) atoms. The van der Waals surface area contributed by atoms with E-state index in [4.69, 9.17) is 5.26 Å². The second-order valence-corrected chi connectivity index (χ2v) is 3.06. The van der Waals surface area contributed by atoms with Crippen molar-refractivity contribution in [3.05, 3.63) is 48.0 Å². The summed E-state index contributed by atoms with van der Waals surface area (Å²) < 4.78 is 1.86. The summed E-state index contributed by atoms with van der Waals surface area (Å²) in [5.74, 6) is 0. The van der Waals surface area contributed by atoms with Gasteiger partial charge in [0.2, 0.25) is 0 Å². The summed E-state index contributed by atoms with van der Waals surface area (Å²) in [6.07, 6.45) is 3.38. The minimum absolute atomic E-state index is 0.438. The summed E-state index contributed by atoms with van der Waals surface area (Å²) in [5.41, 5.74) is 2.66. The molecule has 0 unspecified atom stereocenters. The maximum atomic E-state index is 8.64. The smallest absolute Gasteiger partial charge is 0.158 e. The molecule has 0 saturated carbocycles. The number of rotatable bonds is 1. The van der Waals surface area contributed by atoms with Crippen LogP contribution in [0.25, 0.3) is 5.69 Å². The molecule has 0 saturated heterocycles. The van der Waals surface area contributed by atoms with Gasteiger partial charge < -0.3 is 4.57 Å². The van der Waals surface area contributed by atoms with Crippen LogP contribution in [0.15, 0.2) is 36.8 Å². The molecule has 2 rings (SSSR count). The Bertz CT molecular complexity index is 491. The minimum Gasteiger partial charge on any atom is -0.305 e. The molecule has 0 amide bonds. The molecule has 1 heterocycles. The Balaban J connectivity index is 2.51. The fraction of sp³-hybridized carbons (Fsp3) is 0.0909. The first-order valence-corrected chi connectivity index (χ1v) is 4.31. The van der Waals surface area contributed by atoms with Gasteiger partial charge in [0.05, 0.1) is 0 Å². The monoisotopic (exact) mass is 183 g/mol. The van der Waals surface area contributed by atoms with Gasteiger partial charge in [-0.05, 0) is 18.6 Å². The Labute approximate surface area is 82.2 Å². The number of imidazole rings is 1. The van der Waals surface area contributed by atoms with Gasteiger partial charge >= 0.3 is 0 Å². The second-order valence-electron chi connectivity index (χ2n) is 3.06. The third kappa shape index (κ3) is 1.38. The van der Waals surface area contributed by atoms with Crippen molar-refractivity contribution in [2.75, 3.05) is 0 Å². The molecule has 0 N–H and O–H groups in total. The molecule has 2 aromatic rings. The topological polar surface area (TPSA) is 41.6 Å². The molecule has 0 radical (unpaired) electrons. The van der Waals surface area contributed by atoms with E-state index < -0.39 is 0 Å². The number of nitriles is 1. The Hall–Kier alpha value is -2.08. The first-order valence-electron chi connectivity index (χ1n) is 4.31. The maximum Gasteiger partial charge on any atom is 0.158 e. The summed E-state index contributed by atoms with van der Waals surface area (Å²) in [5, 5.41) is 8.64. The molecule has 68 valence electrons. The van der Waals surface area contributed by atoms with Crippen molar-refractivity contribution in [3.63, 3.8) is 0 Å². The third-order valence-corrected chi connectivity index (χ3v) is 2.09. The summed E-state index contributed by atoms with van der Waals surface area (Å²) in [6.45, 7) is 2.03. The van der Waals surface area contributed by atoms with Crippen LogP contribution in [0.2, 0.25) is 0 Å². The SMILES string of the molecule is Cc1ccccc1-n1cnc(C#N)c1. The molecule has 1 aromatic heterocycles. The Morgan fingerprint density at radius 2 is 2.14 bits per heavy atom. The van der Waals surface area contributed by atoms with Crippen LogP contribution < -0.4 is 0 Å². The molecule has 1 aromatic carbocycles. The molecule has 3 heteroatoms. The summed E-state index contributed by atoms with van der Waals surface area (Å²) in [6, 6.07) is 9.99. The number of benzene rings is 1. The number of hydrogen-bond donors (Lipinski definition) is 0. The van der Waals surface area contributed by atoms with E-state index in [2.05, 4.69) is 4.98 Å². The van der Waals surface area contributed by atoms with Gasteiger partial charge in [-0.3, -0.25) is 0 Å². The van der Waals surface area contributed by atoms with Crippen LogP contribution >= 0.6 is 0 Å². The minimum atomic E-state index is 0.438. The molecule has 0 atom stereocenters.